The minimum Gasteiger partial charge on any atom is -0.480 e. The number of alkyl halides is 1. The molecule has 1 saturated carbocycles. The Morgan fingerprint density at radius 1 is 1.41 bits per heavy atom. The maximum atomic E-state index is 13.1. The highest BCUT2D eigenvalue weighted by atomic mass is 35.5. The van der Waals surface area contributed by atoms with Gasteiger partial charge in [-0.25, -0.2) is 4.98 Å². The molecule has 2 atom stereocenters. The van der Waals surface area contributed by atoms with Crippen molar-refractivity contribution < 1.29 is 14.3 Å². The molecule has 1 fully saturated rings. The lowest BCUT2D eigenvalue weighted by Gasteiger charge is -2.35. The summed E-state index contributed by atoms with van der Waals surface area (Å²) >= 11 is 5.55. The van der Waals surface area contributed by atoms with E-state index < -0.39 is 0 Å². The molecular weight excluding hydrogens is 432 g/mol. The average molecular weight is 455 g/mol. The Kier molecular flexibility index (Phi) is 6.42. The van der Waals surface area contributed by atoms with Gasteiger partial charge in [-0.05, 0) is 43.4 Å². The first-order valence-electron chi connectivity index (χ1n) is 10.4. The highest BCUT2D eigenvalue weighted by Gasteiger charge is 2.35. The average Bonchev–Trinajstić information content (AvgIpc) is 3.15. The summed E-state index contributed by atoms with van der Waals surface area (Å²) in [5.74, 6) is 0.171. The molecule has 32 heavy (non-hydrogen) atoms. The van der Waals surface area contributed by atoms with Gasteiger partial charge < -0.3 is 20.3 Å². The molecule has 2 aromatic rings. The number of aromatic nitrogens is 2. The lowest BCUT2D eigenvalue weighted by Crippen LogP contribution is -2.42. The van der Waals surface area contributed by atoms with Gasteiger partial charge >= 0.3 is 0 Å². The number of halogens is 1. The monoisotopic (exact) mass is 454 g/mol. The van der Waals surface area contributed by atoms with E-state index in [0.29, 0.717) is 23.7 Å². The topological polar surface area (TPSA) is 120 Å². The third-order valence-corrected chi connectivity index (χ3v) is 6.08. The quantitative estimate of drug-likeness (QED) is 0.643. The summed E-state index contributed by atoms with van der Waals surface area (Å²) in [4.78, 5) is 35.1. The fraction of sp³-hybridized carbons (Fsp3) is 0.409. The van der Waals surface area contributed by atoms with Gasteiger partial charge in [-0.15, -0.1) is 11.6 Å². The fourth-order valence-electron chi connectivity index (χ4n) is 4.32. The van der Waals surface area contributed by atoms with Crippen molar-refractivity contribution in [3.8, 4) is 11.9 Å². The van der Waals surface area contributed by atoms with Crippen molar-refractivity contribution in [2.24, 2.45) is 0 Å². The predicted octanol–water partition coefficient (Wildman–Crippen LogP) is 2.91. The van der Waals surface area contributed by atoms with Crippen LogP contribution in [-0.2, 0) is 11.3 Å². The number of fused-ring (bicyclic) bond motifs is 1. The molecule has 1 aromatic carbocycles. The van der Waals surface area contributed by atoms with Crippen LogP contribution in [-0.4, -0.2) is 51.8 Å². The summed E-state index contributed by atoms with van der Waals surface area (Å²) in [7, 11) is 1.47. The Hall–Kier alpha value is -3.38. The van der Waals surface area contributed by atoms with Crippen molar-refractivity contribution in [1.82, 2.24) is 14.9 Å². The molecule has 4 rings (SSSR count). The molecule has 2 amide bonds. The highest BCUT2D eigenvalue weighted by molar-refractivity contribution is 6.29. The zero-order valence-electron chi connectivity index (χ0n) is 17.6. The van der Waals surface area contributed by atoms with Crippen LogP contribution in [0.15, 0.2) is 24.4 Å². The summed E-state index contributed by atoms with van der Waals surface area (Å²) in [5, 5.41) is 15.1. The second-order valence-electron chi connectivity index (χ2n) is 7.88. The van der Waals surface area contributed by atoms with Gasteiger partial charge in [0, 0.05) is 29.9 Å². The van der Waals surface area contributed by atoms with Gasteiger partial charge in [0.05, 0.1) is 13.3 Å². The number of benzene rings is 1. The second kappa shape index (κ2) is 9.40. The molecule has 0 spiro atoms. The Morgan fingerprint density at radius 2 is 2.25 bits per heavy atom. The Balaban J connectivity index is 1.44. The summed E-state index contributed by atoms with van der Waals surface area (Å²) in [6, 6.07) is 7.58. The first-order chi connectivity index (χ1) is 15.5. The van der Waals surface area contributed by atoms with E-state index in [4.69, 9.17) is 21.6 Å². The number of carbonyl (C=O) groups excluding carboxylic acids is 2. The number of carbonyl (C=O) groups is 2. The van der Waals surface area contributed by atoms with E-state index in [-0.39, 0.29) is 41.2 Å². The molecule has 9 nitrogen and oxygen atoms in total. The van der Waals surface area contributed by atoms with E-state index >= 15 is 0 Å². The number of nitriles is 1. The third-order valence-electron chi connectivity index (χ3n) is 5.84. The van der Waals surface area contributed by atoms with Gasteiger partial charge in [-0.2, -0.15) is 10.2 Å². The van der Waals surface area contributed by atoms with Gasteiger partial charge in [-0.3, -0.25) is 9.59 Å². The van der Waals surface area contributed by atoms with Crippen molar-refractivity contribution in [3.05, 3.63) is 41.1 Å². The van der Waals surface area contributed by atoms with Crippen molar-refractivity contribution in [2.75, 3.05) is 23.6 Å². The van der Waals surface area contributed by atoms with Crippen LogP contribution >= 0.6 is 11.6 Å². The number of hydrogen-bond donors (Lipinski definition) is 2. The standard InChI is InChI=1S/C22H23ClN6O3/c1-32-20-14(10-24)11-25-22(28-20)27-15-3-2-4-17(7-15)29-12-13-5-6-16(26-19(30)9-23)8-18(13)21(29)31/h5-6,8,11,15,17H,2-4,7,9,12H2,1H3,(H,26,30)(H,25,27,28)/t15-,17+/m1/s1. The number of hydrogen-bond acceptors (Lipinski definition) is 7. The third kappa shape index (κ3) is 4.46. The van der Waals surface area contributed by atoms with Gasteiger partial charge in [-0.1, -0.05) is 6.07 Å². The molecule has 10 heteroatoms. The van der Waals surface area contributed by atoms with Crippen LogP contribution in [0.2, 0.25) is 0 Å². The van der Waals surface area contributed by atoms with E-state index in [9.17, 15) is 9.59 Å². The molecule has 2 N–H and O–H groups in total. The Bertz CT molecular complexity index is 1090. The van der Waals surface area contributed by atoms with Crippen LogP contribution in [0.4, 0.5) is 11.6 Å². The van der Waals surface area contributed by atoms with Gasteiger partial charge in [0.2, 0.25) is 17.7 Å². The zero-order valence-corrected chi connectivity index (χ0v) is 18.4. The van der Waals surface area contributed by atoms with Crippen molar-refractivity contribution in [2.45, 2.75) is 44.3 Å². The lowest BCUT2D eigenvalue weighted by molar-refractivity contribution is -0.113. The molecule has 0 saturated heterocycles. The van der Waals surface area contributed by atoms with E-state index in [1.165, 1.54) is 13.3 Å². The van der Waals surface area contributed by atoms with Gasteiger partial charge in [0.25, 0.3) is 5.91 Å². The second-order valence-corrected chi connectivity index (χ2v) is 8.14. The van der Waals surface area contributed by atoms with Gasteiger partial charge in [0.15, 0.2) is 0 Å². The van der Waals surface area contributed by atoms with Crippen molar-refractivity contribution in [1.29, 1.82) is 5.26 Å². The number of nitrogens with zero attached hydrogens (tertiary/aromatic N) is 4. The number of nitrogens with one attached hydrogen (secondary N) is 2. The molecule has 0 unspecified atom stereocenters. The first-order valence-corrected chi connectivity index (χ1v) is 10.9. The van der Waals surface area contributed by atoms with Crippen LogP contribution in [0, 0.1) is 11.3 Å². The summed E-state index contributed by atoms with van der Waals surface area (Å²) in [6.45, 7) is 0.552. The number of anilines is 2. The van der Waals surface area contributed by atoms with Crippen LogP contribution in [0.1, 0.15) is 47.2 Å². The summed E-state index contributed by atoms with van der Waals surface area (Å²) in [6.07, 6.45) is 5.03. The highest BCUT2D eigenvalue weighted by Crippen LogP contribution is 2.33. The molecule has 2 heterocycles. The molecule has 0 radical (unpaired) electrons. The number of amides is 2. The normalized spacial score (nSPS) is 19.8. The van der Waals surface area contributed by atoms with Crippen molar-refractivity contribution >= 4 is 35.1 Å². The van der Waals surface area contributed by atoms with Crippen LogP contribution in [0.25, 0.3) is 0 Å². The molecule has 1 aromatic heterocycles. The number of methoxy groups -OCH3 is 1. The maximum Gasteiger partial charge on any atom is 0.254 e. The maximum absolute atomic E-state index is 13.1. The van der Waals surface area contributed by atoms with E-state index in [1.807, 2.05) is 17.0 Å². The summed E-state index contributed by atoms with van der Waals surface area (Å²) in [5.41, 5.74) is 2.42. The van der Waals surface area contributed by atoms with E-state index in [2.05, 4.69) is 20.6 Å². The molecule has 2 aliphatic rings. The van der Waals surface area contributed by atoms with E-state index in [1.54, 1.807) is 12.1 Å². The summed E-state index contributed by atoms with van der Waals surface area (Å²) < 4.78 is 5.16. The van der Waals surface area contributed by atoms with Gasteiger partial charge in [0.1, 0.15) is 17.5 Å². The number of ether oxygens (including phenoxy) is 1. The first kappa shape index (κ1) is 21.8. The predicted molar refractivity (Wildman–Crippen MR) is 119 cm³/mol. The minimum absolute atomic E-state index is 0.0242. The SMILES string of the molecule is COc1nc(N[C@@H]2CCC[C@H](N3Cc4ccc(NC(=O)CCl)cc4C3=O)C2)ncc1C#N. The Labute approximate surface area is 190 Å². The van der Waals surface area contributed by atoms with Crippen molar-refractivity contribution in [3.63, 3.8) is 0 Å². The molecule has 1 aliphatic carbocycles. The van der Waals surface area contributed by atoms with Crippen LogP contribution in [0.5, 0.6) is 5.88 Å². The Morgan fingerprint density at radius 3 is 3.00 bits per heavy atom. The van der Waals surface area contributed by atoms with E-state index in [0.717, 1.165) is 31.2 Å². The lowest BCUT2D eigenvalue weighted by atomic mass is 9.90. The smallest absolute Gasteiger partial charge is 0.254 e. The molecule has 0 bridgehead atoms. The largest absolute Gasteiger partial charge is 0.480 e. The minimum atomic E-state index is -0.309. The van der Waals surface area contributed by atoms with Crippen LogP contribution in [0.3, 0.4) is 0 Å². The van der Waals surface area contributed by atoms with Crippen LogP contribution < -0.4 is 15.4 Å². The molecular formula is C22H23ClN6O3. The fourth-order valence-corrected chi connectivity index (χ4v) is 4.39. The molecule has 166 valence electrons. The molecule has 1 aliphatic heterocycles. The number of rotatable bonds is 6. The zero-order chi connectivity index (χ0) is 22.7.